The second-order valence-corrected chi connectivity index (χ2v) is 3.64. The van der Waals surface area contributed by atoms with E-state index in [0.29, 0.717) is 11.3 Å². The van der Waals surface area contributed by atoms with Gasteiger partial charge in [-0.2, -0.15) is 0 Å². The molecule has 17 heavy (non-hydrogen) atoms. The summed E-state index contributed by atoms with van der Waals surface area (Å²) in [6.45, 7) is 1.61. The highest BCUT2D eigenvalue weighted by Gasteiger charge is 2.23. The Kier molecular flexibility index (Phi) is 2.47. The van der Waals surface area contributed by atoms with Gasteiger partial charge in [-0.3, -0.25) is 10.1 Å². The molecule has 6 heteroatoms. The summed E-state index contributed by atoms with van der Waals surface area (Å²) in [5.74, 6) is 0.0250. The van der Waals surface area contributed by atoms with Gasteiger partial charge < -0.3 is 15.3 Å². The molecule has 2 rings (SSSR count). The largest absolute Gasteiger partial charge is 0.508 e. The van der Waals surface area contributed by atoms with Crippen molar-refractivity contribution in [3.05, 3.63) is 39.8 Å². The minimum Gasteiger partial charge on any atom is -0.508 e. The first-order valence-electron chi connectivity index (χ1n) is 4.82. The Hall–Kier alpha value is -2.50. The smallest absolute Gasteiger partial charge is 0.322 e. The fraction of sp³-hybridized carbons (Fsp3) is 0.0909. The van der Waals surface area contributed by atoms with Crippen molar-refractivity contribution in [3.8, 4) is 5.75 Å². The summed E-state index contributed by atoms with van der Waals surface area (Å²) >= 11 is 0. The van der Waals surface area contributed by atoms with E-state index in [9.17, 15) is 15.2 Å². The van der Waals surface area contributed by atoms with Gasteiger partial charge in [0.2, 0.25) is 5.76 Å². The van der Waals surface area contributed by atoms with Crippen LogP contribution in [0.2, 0.25) is 0 Å². The number of nitro groups is 1. The summed E-state index contributed by atoms with van der Waals surface area (Å²) in [4.78, 5) is 10.4. The average molecular weight is 234 g/mol. The normalized spacial score (nSPS) is 11.9. The molecule has 0 bridgehead atoms. The number of nitrogens with zero attached hydrogens (tertiary/aromatic N) is 1. The first kappa shape index (κ1) is 11.0. The topological polar surface area (TPSA) is 103 Å². The maximum atomic E-state index is 11.0. The lowest BCUT2D eigenvalue weighted by molar-refractivity contribution is -0.383. The maximum Gasteiger partial charge on any atom is 0.322 e. The van der Waals surface area contributed by atoms with E-state index in [2.05, 4.69) is 0 Å². The Morgan fingerprint density at radius 1 is 1.59 bits per heavy atom. The van der Waals surface area contributed by atoms with Gasteiger partial charge in [0, 0.05) is 11.8 Å². The van der Waals surface area contributed by atoms with Gasteiger partial charge in [0.05, 0.1) is 4.92 Å². The van der Waals surface area contributed by atoms with Gasteiger partial charge in [-0.05, 0) is 25.1 Å². The van der Waals surface area contributed by atoms with Crippen molar-refractivity contribution in [2.24, 2.45) is 5.73 Å². The molecular weight excluding hydrogens is 224 g/mol. The van der Waals surface area contributed by atoms with Gasteiger partial charge in [0.25, 0.3) is 0 Å². The summed E-state index contributed by atoms with van der Waals surface area (Å²) in [6, 6.07) is 4.17. The fourth-order valence-corrected chi connectivity index (χ4v) is 1.58. The van der Waals surface area contributed by atoms with Crippen LogP contribution in [0.15, 0.2) is 28.3 Å². The third-order valence-electron chi connectivity index (χ3n) is 2.21. The third kappa shape index (κ3) is 1.92. The molecule has 0 saturated heterocycles. The number of phenolic OH excluding ortho intramolecular Hbond substituents is 1. The van der Waals surface area contributed by atoms with Crippen LogP contribution in [0.3, 0.4) is 0 Å². The van der Waals surface area contributed by atoms with Crippen molar-refractivity contribution in [2.45, 2.75) is 6.92 Å². The van der Waals surface area contributed by atoms with E-state index >= 15 is 0 Å². The van der Waals surface area contributed by atoms with Gasteiger partial charge >= 0.3 is 5.69 Å². The quantitative estimate of drug-likeness (QED) is 0.613. The molecule has 0 fully saturated rings. The maximum absolute atomic E-state index is 11.0. The van der Waals surface area contributed by atoms with Gasteiger partial charge in [-0.1, -0.05) is 0 Å². The predicted molar refractivity (Wildman–Crippen MR) is 62.4 cm³/mol. The van der Waals surface area contributed by atoms with Crippen LogP contribution in [-0.2, 0) is 0 Å². The molecule has 0 amide bonds. The Morgan fingerprint density at radius 3 is 2.88 bits per heavy atom. The van der Waals surface area contributed by atoms with Crippen LogP contribution in [0.4, 0.5) is 5.69 Å². The van der Waals surface area contributed by atoms with E-state index in [1.165, 1.54) is 24.3 Å². The Morgan fingerprint density at radius 2 is 2.29 bits per heavy atom. The number of hydrogen-bond donors (Lipinski definition) is 2. The van der Waals surface area contributed by atoms with E-state index in [4.69, 9.17) is 10.2 Å². The van der Waals surface area contributed by atoms with Crippen molar-refractivity contribution < 1.29 is 14.4 Å². The summed E-state index contributed by atoms with van der Waals surface area (Å²) in [5.41, 5.74) is 6.02. The van der Waals surface area contributed by atoms with Crippen molar-refractivity contribution in [3.63, 3.8) is 0 Å². The molecule has 0 aliphatic heterocycles. The lowest BCUT2D eigenvalue weighted by atomic mass is 10.2. The van der Waals surface area contributed by atoms with E-state index in [-0.39, 0.29) is 22.6 Å². The Labute approximate surface area is 96.1 Å². The molecular formula is C11H10N2O4. The highest BCUT2D eigenvalue weighted by molar-refractivity contribution is 5.92. The van der Waals surface area contributed by atoms with Crippen LogP contribution in [0.25, 0.3) is 17.0 Å². The minimum absolute atomic E-state index is 0.0543. The molecule has 0 aliphatic rings. The SMILES string of the molecule is CC(N)=Cc1oc2ccc(O)cc2c1[N+](=O)[O-]. The average Bonchev–Trinajstić information content (AvgIpc) is 2.53. The molecule has 0 aliphatic carbocycles. The molecule has 6 nitrogen and oxygen atoms in total. The van der Waals surface area contributed by atoms with E-state index in [0.717, 1.165) is 0 Å². The number of fused-ring (bicyclic) bond motifs is 1. The molecule has 88 valence electrons. The first-order chi connectivity index (χ1) is 7.99. The number of phenols is 1. The summed E-state index contributed by atoms with van der Waals surface area (Å²) < 4.78 is 5.32. The molecule has 1 aromatic carbocycles. The number of nitrogens with two attached hydrogens (primary N) is 1. The molecule has 0 saturated carbocycles. The summed E-state index contributed by atoms with van der Waals surface area (Å²) in [5, 5.41) is 20.6. The molecule has 0 spiro atoms. The van der Waals surface area contributed by atoms with Gasteiger partial charge in [0.15, 0.2) is 0 Å². The number of hydrogen-bond acceptors (Lipinski definition) is 5. The second kappa shape index (κ2) is 3.82. The standard InChI is InChI=1S/C11H10N2O4/c1-6(12)4-10-11(13(15)16)8-5-7(14)2-3-9(8)17-10/h2-5,14H,12H2,1H3. The molecule has 1 heterocycles. The third-order valence-corrected chi connectivity index (χ3v) is 2.21. The van der Waals surface area contributed by atoms with Crippen LogP contribution in [0.1, 0.15) is 12.7 Å². The zero-order valence-corrected chi connectivity index (χ0v) is 9.01. The van der Waals surface area contributed by atoms with Crippen molar-refractivity contribution in [2.75, 3.05) is 0 Å². The zero-order chi connectivity index (χ0) is 12.6. The van der Waals surface area contributed by atoms with Gasteiger partial charge in [-0.15, -0.1) is 0 Å². The Balaban J connectivity index is 2.80. The number of furan rings is 1. The predicted octanol–water partition coefficient (Wildman–Crippen LogP) is 2.37. The fourth-order valence-electron chi connectivity index (χ4n) is 1.58. The molecule has 0 atom stereocenters. The van der Waals surface area contributed by atoms with Gasteiger partial charge in [-0.25, -0.2) is 0 Å². The number of benzene rings is 1. The van der Waals surface area contributed by atoms with Crippen molar-refractivity contribution in [1.82, 2.24) is 0 Å². The minimum atomic E-state index is -0.556. The van der Waals surface area contributed by atoms with E-state index < -0.39 is 4.92 Å². The highest BCUT2D eigenvalue weighted by atomic mass is 16.6. The van der Waals surface area contributed by atoms with Crippen LogP contribution in [-0.4, -0.2) is 10.0 Å². The van der Waals surface area contributed by atoms with Crippen LogP contribution in [0.5, 0.6) is 5.75 Å². The van der Waals surface area contributed by atoms with Crippen molar-refractivity contribution >= 4 is 22.7 Å². The number of aromatic hydroxyl groups is 1. The van der Waals surface area contributed by atoms with E-state index in [1.54, 1.807) is 6.92 Å². The monoisotopic (exact) mass is 234 g/mol. The summed E-state index contributed by atoms with van der Waals surface area (Å²) in [7, 11) is 0. The zero-order valence-electron chi connectivity index (χ0n) is 9.01. The van der Waals surface area contributed by atoms with Crippen LogP contribution < -0.4 is 5.73 Å². The highest BCUT2D eigenvalue weighted by Crippen LogP contribution is 2.35. The Bertz CT molecular complexity index is 624. The van der Waals surface area contributed by atoms with Crippen molar-refractivity contribution in [1.29, 1.82) is 0 Å². The van der Waals surface area contributed by atoms with Gasteiger partial charge in [0.1, 0.15) is 16.7 Å². The molecule has 0 radical (unpaired) electrons. The number of allylic oxidation sites excluding steroid dienone is 1. The molecule has 1 aromatic heterocycles. The molecule has 2 aromatic rings. The number of rotatable bonds is 2. The lowest BCUT2D eigenvalue weighted by Crippen LogP contribution is -1.92. The first-order valence-corrected chi connectivity index (χ1v) is 4.82. The molecule has 3 N–H and O–H groups in total. The van der Waals surface area contributed by atoms with E-state index in [1.807, 2.05) is 0 Å². The molecule has 0 unspecified atom stereocenters. The van der Waals surface area contributed by atoms with Crippen LogP contribution in [0, 0.1) is 10.1 Å². The lowest BCUT2D eigenvalue weighted by Gasteiger charge is -1.91. The summed E-state index contributed by atoms with van der Waals surface area (Å²) in [6.07, 6.45) is 1.38. The van der Waals surface area contributed by atoms with Crippen LogP contribution >= 0.6 is 0 Å². The second-order valence-electron chi connectivity index (χ2n) is 3.64.